The summed E-state index contributed by atoms with van der Waals surface area (Å²) in [6, 6.07) is 10.5. The Balaban J connectivity index is 1.70. The van der Waals surface area contributed by atoms with Crippen LogP contribution in [0.5, 0.6) is 0 Å². The third-order valence-electron chi connectivity index (χ3n) is 4.07. The normalized spacial score (nSPS) is 16.2. The first-order valence-electron chi connectivity index (χ1n) is 7.89. The maximum Gasteiger partial charge on any atom is 0.223 e. The van der Waals surface area contributed by atoms with Crippen LogP contribution in [0.3, 0.4) is 0 Å². The predicted molar refractivity (Wildman–Crippen MR) is 87.6 cm³/mol. The number of rotatable bonds is 6. The van der Waals surface area contributed by atoms with E-state index in [1.54, 1.807) is 0 Å². The number of nitrogens with one attached hydrogen (secondary N) is 1. The van der Waals surface area contributed by atoms with Crippen molar-refractivity contribution < 1.29 is 4.79 Å². The molecule has 2 rings (SSSR count). The van der Waals surface area contributed by atoms with Gasteiger partial charge in [0.25, 0.3) is 0 Å². The maximum atomic E-state index is 12.1. The van der Waals surface area contributed by atoms with Gasteiger partial charge in [0.15, 0.2) is 0 Å². The van der Waals surface area contributed by atoms with E-state index in [4.69, 9.17) is 0 Å². The summed E-state index contributed by atoms with van der Waals surface area (Å²) < 4.78 is 0. The number of hydrogen-bond acceptors (Lipinski definition) is 3. The third kappa shape index (κ3) is 5.05. The Hall–Kier alpha value is -1.55. The Morgan fingerprint density at radius 2 is 1.90 bits per heavy atom. The molecule has 1 heterocycles. The van der Waals surface area contributed by atoms with Gasteiger partial charge in [-0.2, -0.15) is 0 Å². The van der Waals surface area contributed by atoms with Gasteiger partial charge in [-0.05, 0) is 52.0 Å². The lowest BCUT2D eigenvalue weighted by Crippen LogP contribution is -2.41. The van der Waals surface area contributed by atoms with Gasteiger partial charge in [0.05, 0.1) is 0 Å². The zero-order chi connectivity index (χ0) is 15.1. The van der Waals surface area contributed by atoms with E-state index in [2.05, 4.69) is 53.5 Å². The molecule has 0 radical (unpaired) electrons. The first kappa shape index (κ1) is 15.8. The van der Waals surface area contributed by atoms with Crippen LogP contribution in [0.1, 0.15) is 19.3 Å². The van der Waals surface area contributed by atoms with E-state index in [1.807, 2.05) is 6.07 Å². The van der Waals surface area contributed by atoms with Crippen molar-refractivity contribution in [3.05, 3.63) is 30.3 Å². The molecule has 21 heavy (non-hydrogen) atoms. The Kier molecular flexibility index (Phi) is 6.05. The Morgan fingerprint density at radius 3 is 2.52 bits per heavy atom. The standard InChI is InChI=1S/C17H27N3O/c1-19(2)12-6-11-18-17(21)15-9-13-20(14-10-15)16-7-4-3-5-8-16/h3-5,7-8,15H,6,9-14H2,1-2H3,(H,18,21). The number of carbonyl (C=O) groups is 1. The SMILES string of the molecule is CN(C)CCCNC(=O)C1CCN(c2ccccc2)CC1. The van der Waals surface area contributed by atoms with Crippen LogP contribution < -0.4 is 10.2 Å². The van der Waals surface area contributed by atoms with Crippen LogP contribution in [0, 0.1) is 5.92 Å². The van der Waals surface area contributed by atoms with E-state index >= 15 is 0 Å². The molecule has 1 saturated heterocycles. The van der Waals surface area contributed by atoms with E-state index in [9.17, 15) is 4.79 Å². The minimum absolute atomic E-state index is 0.185. The number of anilines is 1. The van der Waals surface area contributed by atoms with Crippen LogP contribution in [0.4, 0.5) is 5.69 Å². The van der Waals surface area contributed by atoms with Crippen molar-refractivity contribution >= 4 is 11.6 Å². The highest BCUT2D eigenvalue weighted by Crippen LogP contribution is 2.22. The molecular weight excluding hydrogens is 262 g/mol. The highest BCUT2D eigenvalue weighted by Gasteiger charge is 2.24. The average molecular weight is 289 g/mol. The number of hydrogen-bond donors (Lipinski definition) is 1. The fourth-order valence-electron chi connectivity index (χ4n) is 2.79. The lowest BCUT2D eigenvalue weighted by molar-refractivity contribution is -0.125. The quantitative estimate of drug-likeness (QED) is 0.813. The number of carbonyl (C=O) groups excluding carboxylic acids is 1. The topological polar surface area (TPSA) is 35.6 Å². The molecule has 1 aromatic rings. The fourth-order valence-corrected chi connectivity index (χ4v) is 2.79. The molecule has 1 N–H and O–H groups in total. The maximum absolute atomic E-state index is 12.1. The number of benzene rings is 1. The van der Waals surface area contributed by atoms with Crippen molar-refractivity contribution in [3.8, 4) is 0 Å². The van der Waals surface area contributed by atoms with Gasteiger partial charge >= 0.3 is 0 Å². The second-order valence-corrected chi connectivity index (χ2v) is 6.04. The minimum atomic E-state index is 0.185. The first-order chi connectivity index (χ1) is 10.2. The van der Waals surface area contributed by atoms with Crippen LogP contribution in [-0.4, -0.2) is 51.1 Å². The molecule has 0 saturated carbocycles. The van der Waals surface area contributed by atoms with E-state index in [0.717, 1.165) is 45.4 Å². The lowest BCUT2D eigenvalue weighted by Gasteiger charge is -2.33. The summed E-state index contributed by atoms with van der Waals surface area (Å²) in [4.78, 5) is 16.7. The van der Waals surface area contributed by atoms with E-state index < -0.39 is 0 Å². The van der Waals surface area contributed by atoms with Crippen LogP contribution in [0.15, 0.2) is 30.3 Å². The predicted octanol–water partition coefficient (Wildman–Crippen LogP) is 1.97. The Bertz CT molecular complexity index is 425. The minimum Gasteiger partial charge on any atom is -0.371 e. The van der Waals surface area contributed by atoms with E-state index in [1.165, 1.54) is 5.69 Å². The van der Waals surface area contributed by atoms with Gasteiger partial charge in [-0.15, -0.1) is 0 Å². The number of nitrogens with zero attached hydrogens (tertiary/aromatic N) is 2. The zero-order valence-electron chi connectivity index (χ0n) is 13.2. The summed E-state index contributed by atoms with van der Waals surface area (Å²) in [7, 11) is 4.11. The molecule has 0 aromatic heterocycles. The van der Waals surface area contributed by atoms with Crippen molar-refractivity contribution in [3.63, 3.8) is 0 Å². The summed E-state index contributed by atoms with van der Waals surface area (Å²) in [5, 5.41) is 3.08. The molecule has 116 valence electrons. The molecule has 4 heteroatoms. The fraction of sp³-hybridized carbons (Fsp3) is 0.588. The molecule has 0 bridgehead atoms. The molecule has 0 spiro atoms. The van der Waals surface area contributed by atoms with E-state index in [-0.39, 0.29) is 11.8 Å². The number of amides is 1. The van der Waals surface area contributed by atoms with Gasteiger partial charge in [-0.1, -0.05) is 18.2 Å². The van der Waals surface area contributed by atoms with Crippen molar-refractivity contribution in [1.29, 1.82) is 0 Å². The molecule has 1 fully saturated rings. The summed E-state index contributed by atoms with van der Waals surface area (Å²) in [6.45, 7) is 3.75. The van der Waals surface area contributed by atoms with Crippen molar-refractivity contribution in [2.24, 2.45) is 5.92 Å². The van der Waals surface area contributed by atoms with Crippen LogP contribution in [0.2, 0.25) is 0 Å². The molecule has 0 aliphatic carbocycles. The molecule has 0 unspecified atom stereocenters. The Labute approximate surface area is 128 Å². The monoisotopic (exact) mass is 289 g/mol. The molecule has 1 aliphatic heterocycles. The van der Waals surface area contributed by atoms with Gasteiger partial charge in [-0.25, -0.2) is 0 Å². The highest BCUT2D eigenvalue weighted by atomic mass is 16.1. The van der Waals surface area contributed by atoms with Gasteiger partial charge < -0.3 is 15.1 Å². The third-order valence-corrected chi connectivity index (χ3v) is 4.07. The van der Waals surface area contributed by atoms with E-state index in [0.29, 0.717) is 0 Å². The van der Waals surface area contributed by atoms with Gasteiger partial charge in [0.1, 0.15) is 0 Å². The van der Waals surface area contributed by atoms with Gasteiger partial charge in [0, 0.05) is 31.2 Å². The molecule has 1 aromatic carbocycles. The van der Waals surface area contributed by atoms with Crippen molar-refractivity contribution in [1.82, 2.24) is 10.2 Å². The number of para-hydroxylation sites is 1. The van der Waals surface area contributed by atoms with Crippen LogP contribution >= 0.6 is 0 Å². The smallest absolute Gasteiger partial charge is 0.223 e. The Morgan fingerprint density at radius 1 is 1.24 bits per heavy atom. The highest BCUT2D eigenvalue weighted by molar-refractivity contribution is 5.78. The summed E-state index contributed by atoms with van der Waals surface area (Å²) >= 11 is 0. The lowest BCUT2D eigenvalue weighted by atomic mass is 9.95. The molecule has 0 atom stereocenters. The molecule has 1 amide bonds. The number of piperidine rings is 1. The molecule has 4 nitrogen and oxygen atoms in total. The van der Waals surface area contributed by atoms with Crippen LogP contribution in [-0.2, 0) is 4.79 Å². The first-order valence-corrected chi connectivity index (χ1v) is 7.89. The van der Waals surface area contributed by atoms with Crippen LogP contribution in [0.25, 0.3) is 0 Å². The summed E-state index contributed by atoms with van der Waals surface area (Å²) in [5.41, 5.74) is 1.27. The second kappa shape index (κ2) is 8.03. The van der Waals surface area contributed by atoms with Crippen molar-refractivity contribution in [2.75, 3.05) is 45.2 Å². The largest absolute Gasteiger partial charge is 0.371 e. The van der Waals surface area contributed by atoms with Gasteiger partial charge in [-0.3, -0.25) is 4.79 Å². The van der Waals surface area contributed by atoms with Gasteiger partial charge in [0.2, 0.25) is 5.91 Å². The average Bonchev–Trinajstić information content (AvgIpc) is 2.52. The summed E-state index contributed by atoms with van der Waals surface area (Å²) in [6.07, 6.45) is 2.92. The van der Waals surface area contributed by atoms with Crippen molar-refractivity contribution in [2.45, 2.75) is 19.3 Å². The molecule has 1 aliphatic rings. The molecular formula is C17H27N3O. The summed E-state index contributed by atoms with van der Waals surface area (Å²) in [5.74, 6) is 0.422. The zero-order valence-corrected chi connectivity index (χ0v) is 13.2. The second-order valence-electron chi connectivity index (χ2n) is 6.04.